The van der Waals surface area contributed by atoms with Crippen LogP contribution in [0.2, 0.25) is 0 Å². The van der Waals surface area contributed by atoms with Gasteiger partial charge in [0, 0.05) is 24.3 Å². The zero-order valence-corrected chi connectivity index (χ0v) is 9.69. The number of benzene rings is 1. The van der Waals surface area contributed by atoms with Crippen LogP contribution < -0.4 is 5.32 Å². The third-order valence-electron chi connectivity index (χ3n) is 2.92. The Bertz CT molecular complexity index is 412. The fourth-order valence-corrected chi connectivity index (χ4v) is 1.99. The minimum atomic E-state index is -0.0762. The van der Waals surface area contributed by atoms with Crippen LogP contribution in [0.4, 0.5) is 10.5 Å². The van der Waals surface area contributed by atoms with Crippen LogP contribution in [0.25, 0.3) is 0 Å². The number of amides is 2. The van der Waals surface area contributed by atoms with Crippen LogP contribution in [0, 0.1) is 0 Å². The number of hydrogen-bond acceptors (Lipinski definition) is 2. The number of urea groups is 1. The monoisotopic (exact) mass is 232 g/mol. The summed E-state index contributed by atoms with van der Waals surface area (Å²) in [6.45, 7) is 1.64. The molecule has 0 aromatic heterocycles. The van der Waals surface area contributed by atoms with Gasteiger partial charge in [-0.1, -0.05) is 12.1 Å². The first kappa shape index (κ1) is 11.6. The topological polar surface area (TPSA) is 49.4 Å². The molecule has 0 spiro atoms. The highest BCUT2D eigenvalue weighted by atomic mass is 16.2. The summed E-state index contributed by atoms with van der Waals surface area (Å²) in [5, 5.41) is 2.81. The average molecular weight is 232 g/mol. The number of anilines is 1. The molecule has 1 aromatic rings. The van der Waals surface area contributed by atoms with E-state index in [1.54, 1.807) is 24.3 Å². The number of nitrogens with zero attached hydrogens (tertiary/aromatic N) is 1. The van der Waals surface area contributed by atoms with Crippen LogP contribution in [0.1, 0.15) is 29.6 Å². The van der Waals surface area contributed by atoms with Crippen molar-refractivity contribution in [2.24, 2.45) is 0 Å². The van der Waals surface area contributed by atoms with Gasteiger partial charge in [-0.15, -0.1) is 0 Å². The lowest BCUT2D eigenvalue weighted by molar-refractivity contribution is 0.112. The first-order chi connectivity index (χ1) is 8.29. The number of likely N-dealkylation sites (tertiary alicyclic amines) is 1. The lowest BCUT2D eigenvalue weighted by Crippen LogP contribution is -2.38. The van der Waals surface area contributed by atoms with Crippen molar-refractivity contribution in [3.63, 3.8) is 0 Å². The molecule has 0 saturated carbocycles. The van der Waals surface area contributed by atoms with Crippen molar-refractivity contribution in [3.8, 4) is 0 Å². The van der Waals surface area contributed by atoms with Crippen LogP contribution in [-0.4, -0.2) is 30.3 Å². The lowest BCUT2D eigenvalue weighted by atomic mass is 10.1. The van der Waals surface area contributed by atoms with E-state index in [0.717, 1.165) is 32.2 Å². The Kier molecular flexibility index (Phi) is 3.75. The van der Waals surface area contributed by atoms with Crippen LogP contribution in [0.15, 0.2) is 24.3 Å². The van der Waals surface area contributed by atoms with E-state index in [9.17, 15) is 9.59 Å². The summed E-state index contributed by atoms with van der Waals surface area (Å²) in [5.41, 5.74) is 1.24. The lowest BCUT2D eigenvalue weighted by Gasteiger charge is -2.26. The van der Waals surface area contributed by atoms with Crippen molar-refractivity contribution in [2.75, 3.05) is 18.4 Å². The predicted molar refractivity (Wildman–Crippen MR) is 66.3 cm³/mol. The van der Waals surface area contributed by atoms with E-state index in [-0.39, 0.29) is 6.03 Å². The van der Waals surface area contributed by atoms with Gasteiger partial charge in [-0.25, -0.2) is 4.79 Å². The molecular formula is C13H16N2O2. The summed E-state index contributed by atoms with van der Waals surface area (Å²) >= 11 is 0. The van der Waals surface area contributed by atoms with Gasteiger partial charge in [0.1, 0.15) is 6.29 Å². The molecule has 4 nitrogen and oxygen atoms in total. The van der Waals surface area contributed by atoms with Crippen molar-refractivity contribution in [3.05, 3.63) is 29.8 Å². The van der Waals surface area contributed by atoms with Crippen LogP contribution in [-0.2, 0) is 0 Å². The smallest absolute Gasteiger partial charge is 0.321 e. The van der Waals surface area contributed by atoms with E-state index in [0.29, 0.717) is 11.3 Å². The second-order valence-electron chi connectivity index (χ2n) is 4.22. The van der Waals surface area contributed by atoms with Gasteiger partial charge in [0.05, 0.1) is 0 Å². The Morgan fingerprint density at radius 3 is 2.71 bits per heavy atom. The Labute approximate surface area is 101 Å². The molecule has 17 heavy (non-hydrogen) atoms. The molecule has 1 aliphatic heterocycles. The van der Waals surface area contributed by atoms with E-state index in [4.69, 9.17) is 0 Å². The van der Waals surface area contributed by atoms with Gasteiger partial charge in [0.15, 0.2) is 0 Å². The third-order valence-corrected chi connectivity index (χ3v) is 2.92. The number of carbonyl (C=O) groups excluding carboxylic acids is 2. The number of carbonyl (C=O) groups is 2. The van der Waals surface area contributed by atoms with Crippen LogP contribution in [0.3, 0.4) is 0 Å². The molecule has 0 unspecified atom stereocenters. The summed E-state index contributed by atoms with van der Waals surface area (Å²) in [6, 6.07) is 6.86. The maximum Gasteiger partial charge on any atom is 0.321 e. The van der Waals surface area contributed by atoms with Gasteiger partial charge in [0.2, 0.25) is 0 Å². The molecule has 1 fully saturated rings. The molecule has 1 aliphatic rings. The Morgan fingerprint density at radius 2 is 2.00 bits per heavy atom. The molecular weight excluding hydrogens is 216 g/mol. The fraction of sp³-hybridized carbons (Fsp3) is 0.385. The zero-order chi connectivity index (χ0) is 12.1. The van der Waals surface area contributed by atoms with Crippen molar-refractivity contribution in [1.29, 1.82) is 0 Å². The van der Waals surface area contributed by atoms with Crippen molar-refractivity contribution in [2.45, 2.75) is 19.3 Å². The molecule has 1 saturated heterocycles. The van der Waals surface area contributed by atoms with Gasteiger partial charge in [0.25, 0.3) is 0 Å². The molecule has 1 aromatic carbocycles. The Morgan fingerprint density at radius 1 is 1.24 bits per heavy atom. The minimum Gasteiger partial charge on any atom is -0.325 e. The summed E-state index contributed by atoms with van der Waals surface area (Å²) in [7, 11) is 0. The van der Waals surface area contributed by atoms with E-state index >= 15 is 0 Å². The highest BCUT2D eigenvalue weighted by Gasteiger charge is 2.16. The Hall–Kier alpha value is -1.84. The molecule has 0 aliphatic carbocycles. The molecule has 0 radical (unpaired) electrons. The van der Waals surface area contributed by atoms with E-state index in [1.807, 2.05) is 4.90 Å². The summed E-state index contributed by atoms with van der Waals surface area (Å²) in [4.78, 5) is 24.3. The average Bonchev–Trinajstić information content (AvgIpc) is 2.40. The second-order valence-corrected chi connectivity index (χ2v) is 4.22. The van der Waals surface area contributed by atoms with Crippen LogP contribution in [0.5, 0.6) is 0 Å². The number of hydrogen-bond donors (Lipinski definition) is 1. The standard InChI is InChI=1S/C13H16N2O2/c16-10-11-5-4-6-12(9-11)14-13(17)15-7-2-1-3-8-15/h4-6,9-10H,1-3,7-8H2,(H,14,17). The molecule has 4 heteroatoms. The number of nitrogens with one attached hydrogen (secondary N) is 1. The summed E-state index contributed by atoms with van der Waals surface area (Å²) in [6.07, 6.45) is 4.12. The minimum absolute atomic E-state index is 0.0762. The zero-order valence-electron chi connectivity index (χ0n) is 9.69. The molecule has 2 rings (SSSR count). The maximum absolute atomic E-state index is 11.9. The Balaban J connectivity index is 1.99. The number of aldehydes is 1. The molecule has 0 atom stereocenters. The van der Waals surface area contributed by atoms with Crippen LogP contribution >= 0.6 is 0 Å². The van der Waals surface area contributed by atoms with Gasteiger partial charge in [-0.2, -0.15) is 0 Å². The SMILES string of the molecule is O=Cc1cccc(NC(=O)N2CCCCC2)c1. The van der Waals surface area contributed by atoms with Crippen molar-refractivity contribution < 1.29 is 9.59 Å². The highest BCUT2D eigenvalue weighted by Crippen LogP contribution is 2.13. The van der Waals surface area contributed by atoms with Gasteiger partial charge in [-0.3, -0.25) is 4.79 Å². The molecule has 1 N–H and O–H groups in total. The summed E-state index contributed by atoms with van der Waals surface area (Å²) in [5.74, 6) is 0. The van der Waals surface area contributed by atoms with Crippen molar-refractivity contribution in [1.82, 2.24) is 4.90 Å². The first-order valence-corrected chi connectivity index (χ1v) is 5.91. The molecule has 2 amide bonds. The number of piperidine rings is 1. The second kappa shape index (κ2) is 5.48. The maximum atomic E-state index is 11.9. The van der Waals surface area contributed by atoms with Gasteiger partial charge < -0.3 is 10.2 Å². The number of rotatable bonds is 2. The largest absolute Gasteiger partial charge is 0.325 e. The highest BCUT2D eigenvalue weighted by molar-refractivity contribution is 5.90. The normalized spacial score (nSPS) is 15.4. The first-order valence-electron chi connectivity index (χ1n) is 5.91. The fourth-order valence-electron chi connectivity index (χ4n) is 1.99. The predicted octanol–water partition coefficient (Wildman–Crippen LogP) is 2.52. The summed E-state index contributed by atoms with van der Waals surface area (Å²) < 4.78 is 0. The van der Waals surface area contributed by atoms with E-state index < -0.39 is 0 Å². The van der Waals surface area contributed by atoms with E-state index in [1.165, 1.54) is 6.42 Å². The quantitative estimate of drug-likeness (QED) is 0.796. The van der Waals surface area contributed by atoms with Crippen molar-refractivity contribution >= 4 is 18.0 Å². The molecule has 0 bridgehead atoms. The van der Waals surface area contributed by atoms with Gasteiger partial charge in [-0.05, 0) is 31.4 Å². The third kappa shape index (κ3) is 3.06. The van der Waals surface area contributed by atoms with E-state index in [2.05, 4.69) is 5.32 Å². The molecule has 90 valence electrons. The van der Waals surface area contributed by atoms with Gasteiger partial charge >= 0.3 is 6.03 Å². The molecule has 1 heterocycles.